The van der Waals surface area contributed by atoms with Gasteiger partial charge in [0.15, 0.2) is 6.10 Å². The molecule has 0 aliphatic heterocycles. The number of hydrogen-bond donors (Lipinski definition) is 2. The molecule has 2 rings (SSSR count). The minimum Gasteiger partial charge on any atom is -0.497 e. The van der Waals surface area contributed by atoms with Gasteiger partial charge in [-0.15, -0.1) is 0 Å². The average molecular weight is 261 g/mol. The summed E-state index contributed by atoms with van der Waals surface area (Å²) in [5, 5.41) is 9.05. The second kappa shape index (κ2) is 5.90. The molecule has 1 amide bonds. The molecule has 100 valence electrons. The van der Waals surface area contributed by atoms with Crippen molar-refractivity contribution < 1.29 is 14.3 Å². The van der Waals surface area contributed by atoms with Gasteiger partial charge in [-0.05, 0) is 31.2 Å². The first-order valence-electron chi connectivity index (χ1n) is 5.80. The van der Waals surface area contributed by atoms with Crippen molar-refractivity contribution in [3.05, 3.63) is 36.5 Å². The number of ether oxygens (including phenoxy) is 2. The van der Waals surface area contributed by atoms with E-state index in [2.05, 4.69) is 15.5 Å². The lowest BCUT2D eigenvalue weighted by Gasteiger charge is -2.14. The fraction of sp³-hybridized carbons (Fsp3) is 0.231. The van der Waals surface area contributed by atoms with Crippen LogP contribution < -0.4 is 14.8 Å². The number of carbonyl (C=O) groups excluding carboxylic acids is 1. The van der Waals surface area contributed by atoms with E-state index in [-0.39, 0.29) is 5.91 Å². The number of methoxy groups -OCH3 is 1. The summed E-state index contributed by atoms with van der Waals surface area (Å²) in [6.07, 6.45) is 0.946. The Bertz CT molecular complexity index is 523. The maximum atomic E-state index is 11.8. The van der Waals surface area contributed by atoms with Crippen LogP contribution in [0.5, 0.6) is 11.5 Å². The first-order chi connectivity index (χ1) is 9.19. The maximum Gasteiger partial charge on any atom is 0.266 e. The number of nitrogens with one attached hydrogen (secondary N) is 2. The first kappa shape index (κ1) is 12.9. The van der Waals surface area contributed by atoms with Crippen LogP contribution in [-0.4, -0.2) is 29.3 Å². The van der Waals surface area contributed by atoms with Gasteiger partial charge in [-0.1, -0.05) is 0 Å². The molecule has 1 unspecified atom stereocenters. The molecule has 0 saturated heterocycles. The summed E-state index contributed by atoms with van der Waals surface area (Å²) in [6.45, 7) is 1.68. The van der Waals surface area contributed by atoms with E-state index in [0.29, 0.717) is 11.6 Å². The van der Waals surface area contributed by atoms with Crippen LogP contribution in [0.25, 0.3) is 0 Å². The first-order valence-corrected chi connectivity index (χ1v) is 5.80. The maximum absolute atomic E-state index is 11.8. The van der Waals surface area contributed by atoms with Gasteiger partial charge in [0.2, 0.25) is 0 Å². The largest absolute Gasteiger partial charge is 0.497 e. The van der Waals surface area contributed by atoms with E-state index >= 15 is 0 Å². The summed E-state index contributed by atoms with van der Waals surface area (Å²) in [5.74, 6) is 1.63. The van der Waals surface area contributed by atoms with Crippen LogP contribution in [0.2, 0.25) is 0 Å². The lowest BCUT2D eigenvalue weighted by molar-refractivity contribution is -0.122. The Kier molecular flexibility index (Phi) is 4.02. The molecule has 0 aliphatic carbocycles. The van der Waals surface area contributed by atoms with Crippen LogP contribution in [0.15, 0.2) is 36.5 Å². The lowest BCUT2D eigenvalue weighted by atomic mass is 10.3. The fourth-order valence-electron chi connectivity index (χ4n) is 1.47. The van der Waals surface area contributed by atoms with Gasteiger partial charge in [0, 0.05) is 6.07 Å². The topological polar surface area (TPSA) is 76.2 Å². The van der Waals surface area contributed by atoms with Crippen LogP contribution in [-0.2, 0) is 4.79 Å². The molecule has 0 bridgehead atoms. The second-order valence-electron chi connectivity index (χ2n) is 3.90. The van der Waals surface area contributed by atoms with Crippen molar-refractivity contribution in [2.75, 3.05) is 12.4 Å². The van der Waals surface area contributed by atoms with Crippen molar-refractivity contribution in [1.82, 2.24) is 10.2 Å². The average Bonchev–Trinajstić information content (AvgIpc) is 2.92. The van der Waals surface area contributed by atoms with Crippen molar-refractivity contribution in [1.29, 1.82) is 0 Å². The zero-order valence-electron chi connectivity index (χ0n) is 10.7. The molecule has 19 heavy (non-hydrogen) atoms. The molecule has 0 saturated carbocycles. The van der Waals surface area contributed by atoms with Crippen LogP contribution in [0.4, 0.5) is 5.82 Å². The third-order valence-corrected chi connectivity index (χ3v) is 2.50. The number of nitrogens with zero attached hydrogens (tertiary/aromatic N) is 1. The van der Waals surface area contributed by atoms with Crippen molar-refractivity contribution in [2.24, 2.45) is 0 Å². The van der Waals surface area contributed by atoms with Gasteiger partial charge < -0.3 is 14.8 Å². The molecule has 1 heterocycles. The van der Waals surface area contributed by atoms with Gasteiger partial charge in [0.1, 0.15) is 17.3 Å². The van der Waals surface area contributed by atoms with Crippen molar-refractivity contribution in [3.63, 3.8) is 0 Å². The van der Waals surface area contributed by atoms with E-state index in [4.69, 9.17) is 9.47 Å². The van der Waals surface area contributed by atoms with Crippen molar-refractivity contribution >= 4 is 11.7 Å². The highest BCUT2D eigenvalue weighted by molar-refractivity contribution is 5.93. The summed E-state index contributed by atoms with van der Waals surface area (Å²) in [7, 11) is 1.59. The standard InChI is InChI=1S/C13H15N3O3/c1-9(13(17)15-12-7-8-14-16-12)19-11-5-3-10(18-2)4-6-11/h3-9H,1-2H3,(H2,14,15,16,17). The van der Waals surface area contributed by atoms with Crippen LogP contribution >= 0.6 is 0 Å². The molecule has 1 aromatic carbocycles. The highest BCUT2D eigenvalue weighted by Gasteiger charge is 2.15. The van der Waals surface area contributed by atoms with Gasteiger partial charge in [-0.2, -0.15) is 5.10 Å². The Morgan fingerprint density at radius 1 is 1.26 bits per heavy atom. The quantitative estimate of drug-likeness (QED) is 0.860. The van der Waals surface area contributed by atoms with Gasteiger partial charge >= 0.3 is 0 Å². The predicted octanol–water partition coefficient (Wildman–Crippen LogP) is 1.82. The van der Waals surface area contributed by atoms with Crippen molar-refractivity contribution in [2.45, 2.75) is 13.0 Å². The number of aromatic amines is 1. The number of anilines is 1. The van der Waals surface area contributed by atoms with Crippen LogP contribution in [0.3, 0.4) is 0 Å². The number of carbonyl (C=O) groups is 1. The molecule has 0 fully saturated rings. The van der Waals surface area contributed by atoms with Crippen LogP contribution in [0, 0.1) is 0 Å². The Balaban J connectivity index is 1.92. The van der Waals surface area contributed by atoms with E-state index < -0.39 is 6.10 Å². The Morgan fingerprint density at radius 3 is 2.53 bits per heavy atom. The Morgan fingerprint density at radius 2 is 1.95 bits per heavy atom. The Labute approximate surface area is 110 Å². The Hall–Kier alpha value is -2.50. The highest BCUT2D eigenvalue weighted by atomic mass is 16.5. The molecule has 1 aromatic heterocycles. The molecule has 0 radical (unpaired) electrons. The van der Waals surface area contributed by atoms with E-state index in [0.717, 1.165) is 5.75 Å². The molecule has 6 nitrogen and oxygen atoms in total. The van der Waals surface area contributed by atoms with Gasteiger partial charge in [0.25, 0.3) is 5.91 Å². The van der Waals surface area contributed by atoms with E-state index in [1.165, 1.54) is 0 Å². The summed E-state index contributed by atoms with van der Waals surface area (Å²) in [4.78, 5) is 11.8. The third kappa shape index (κ3) is 3.48. The summed E-state index contributed by atoms with van der Waals surface area (Å²) in [5.41, 5.74) is 0. The zero-order chi connectivity index (χ0) is 13.7. The monoisotopic (exact) mass is 261 g/mol. The fourth-order valence-corrected chi connectivity index (χ4v) is 1.47. The van der Waals surface area contributed by atoms with Gasteiger partial charge in [0.05, 0.1) is 13.3 Å². The van der Waals surface area contributed by atoms with E-state index in [1.807, 2.05) is 0 Å². The lowest BCUT2D eigenvalue weighted by Crippen LogP contribution is -2.30. The number of aromatic nitrogens is 2. The number of hydrogen-bond acceptors (Lipinski definition) is 4. The molecular formula is C13H15N3O3. The molecule has 0 aliphatic rings. The van der Waals surface area contributed by atoms with Crippen LogP contribution in [0.1, 0.15) is 6.92 Å². The number of H-pyrrole nitrogens is 1. The molecule has 2 N–H and O–H groups in total. The summed E-state index contributed by atoms with van der Waals surface area (Å²) in [6, 6.07) is 8.71. The zero-order valence-corrected chi connectivity index (χ0v) is 10.7. The molecule has 6 heteroatoms. The van der Waals surface area contributed by atoms with E-state index in [1.54, 1.807) is 50.6 Å². The minimum absolute atomic E-state index is 0.250. The summed E-state index contributed by atoms with van der Waals surface area (Å²) >= 11 is 0. The molecule has 2 aromatic rings. The predicted molar refractivity (Wildman–Crippen MR) is 70.3 cm³/mol. The van der Waals surface area contributed by atoms with Gasteiger partial charge in [-0.25, -0.2) is 0 Å². The normalized spacial score (nSPS) is 11.7. The molecular weight excluding hydrogens is 246 g/mol. The second-order valence-corrected chi connectivity index (χ2v) is 3.90. The van der Waals surface area contributed by atoms with E-state index in [9.17, 15) is 4.79 Å². The minimum atomic E-state index is -0.614. The number of amides is 1. The third-order valence-electron chi connectivity index (χ3n) is 2.50. The smallest absolute Gasteiger partial charge is 0.266 e. The van der Waals surface area contributed by atoms with Crippen molar-refractivity contribution in [3.8, 4) is 11.5 Å². The van der Waals surface area contributed by atoms with Gasteiger partial charge in [-0.3, -0.25) is 9.89 Å². The number of rotatable bonds is 5. The SMILES string of the molecule is COc1ccc(OC(C)C(=O)Nc2ccn[nH]2)cc1. The highest BCUT2D eigenvalue weighted by Crippen LogP contribution is 2.18. The summed E-state index contributed by atoms with van der Waals surface area (Å²) < 4.78 is 10.6. The molecule has 0 spiro atoms. The molecule has 1 atom stereocenters. The number of benzene rings is 1.